The number of halogens is 1. The summed E-state index contributed by atoms with van der Waals surface area (Å²) in [6.07, 6.45) is 1.24. The lowest BCUT2D eigenvalue weighted by atomic mass is 10.2. The fraction of sp³-hybridized carbons (Fsp3) is 0.316. The molecule has 0 saturated carbocycles. The molecular formula is C19H22BrN3O4S. The van der Waals surface area contributed by atoms with Crippen LogP contribution in [0.1, 0.15) is 10.4 Å². The van der Waals surface area contributed by atoms with Gasteiger partial charge in [0.25, 0.3) is 5.91 Å². The molecule has 150 valence electrons. The van der Waals surface area contributed by atoms with E-state index in [9.17, 15) is 13.2 Å². The number of sulfonamides is 1. The van der Waals surface area contributed by atoms with Gasteiger partial charge in [0.15, 0.2) is 0 Å². The second-order valence-electron chi connectivity index (χ2n) is 6.50. The molecule has 1 amide bonds. The largest absolute Gasteiger partial charge is 0.496 e. The number of ether oxygens (including phenoxy) is 1. The van der Waals surface area contributed by atoms with Crippen LogP contribution in [0.2, 0.25) is 0 Å². The van der Waals surface area contributed by atoms with Crippen LogP contribution in [0.4, 0.5) is 11.4 Å². The topological polar surface area (TPSA) is 79.0 Å². The third kappa shape index (κ3) is 4.84. The minimum absolute atomic E-state index is 0.210. The zero-order chi connectivity index (χ0) is 20.3. The highest BCUT2D eigenvalue weighted by Crippen LogP contribution is 2.26. The van der Waals surface area contributed by atoms with Gasteiger partial charge in [-0.3, -0.25) is 4.79 Å². The number of hydrogen-bond donors (Lipinski definition) is 1. The molecule has 28 heavy (non-hydrogen) atoms. The van der Waals surface area contributed by atoms with Crippen molar-refractivity contribution in [3.05, 3.63) is 52.5 Å². The predicted octanol–water partition coefficient (Wildman–Crippen LogP) is 2.79. The van der Waals surface area contributed by atoms with Gasteiger partial charge in [-0.1, -0.05) is 0 Å². The Morgan fingerprint density at radius 3 is 2.25 bits per heavy atom. The predicted molar refractivity (Wildman–Crippen MR) is 114 cm³/mol. The number of nitrogens with zero attached hydrogens (tertiary/aromatic N) is 2. The summed E-state index contributed by atoms with van der Waals surface area (Å²) < 4.78 is 30.6. The number of methoxy groups -OCH3 is 1. The van der Waals surface area contributed by atoms with Crippen molar-refractivity contribution < 1.29 is 17.9 Å². The van der Waals surface area contributed by atoms with E-state index in [1.165, 1.54) is 10.6 Å². The molecule has 1 aliphatic rings. The van der Waals surface area contributed by atoms with Crippen LogP contribution < -0.4 is 15.0 Å². The van der Waals surface area contributed by atoms with Crippen molar-refractivity contribution in [3.63, 3.8) is 0 Å². The number of carbonyl (C=O) groups is 1. The molecule has 0 unspecified atom stereocenters. The Balaban J connectivity index is 1.62. The molecule has 2 aromatic carbocycles. The lowest BCUT2D eigenvalue weighted by Gasteiger charge is -2.34. The number of carbonyl (C=O) groups excluding carboxylic acids is 1. The summed E-state index contributed by atoms with van der Waals surface area (Å²) >= 11 is 3.38. The van der Waals surface area contributed by atoms with E-state index in [2.05, 4.69) is 26.1 Å². The van der Waals surface area contributed by atoms with E-state index in [0.717, 1.165) is 5.69 Å². The van der Waals surface area contributed by atoms with Gasteiger partial charge in [0.2, 0.25) is 10.0 Å². The molecule has 9 heteroatoms. The van der Waals surface area contributed by atoms with E-state index < -0.39 is 10.0 Å². The highest BCUT2D eigenvalue weighted by atomic mass is 79.9. The average Bonchev–Trinajstić information content (AvgIpc) is 2.68. The first-order valence-electron chi connectivity index (χ1n) is 8.73. The Hall–Kier alpha value is -2.10. The van der Waals surface area contributed by atoms with Crippen LogP contribution in [-0.2, 0) is 10.0 Å². The van der Waals surface area contributed by atoms with Crippen LogP contribution in [0.5, 0.6) is 5.75 Å². The van der Waals surface area contributed by atoms with Gasteiger partial charge in [-0.25, -0.2) is 8.42 Å². The number of hydrogen-bond acceptors (Lipinski definition) is 5. The molecule has 0 aliphatic carbocycles. The third-order valence-corrected chi connectivity index (χ3v) is 6.53. The highest BCUT2D eigenvalue weighted by molar-refractivity contribution is 9.10. The van der Waals surface area contributed by atoms with Crippen LogP contribution in [-0.4, -0.2) is 58.2 Å². The van der Waals surface area contributed by atoms with Gasteiger partial charge in [-0.2, -0.15) is 4.31 Å². The number of benzene rings is 2. The maximum absolute atomic E-state index is 12.4. The number of anilines is 2. The van der Waals surface area contributed by atoms with Crippen LogP contribution in [0.25, 0.3) is 0 Å². The zero-order valence-corrected chi connectivity index (χ0v) is 18.1. The monoisotopic (exact) mass is 467 g/mol. The van der Waals surface area contributed by atoms with Crippen molar-refractivity contribution in [3.8, 4) is 5.75 Å². The molecule has 0 atom stereocenters. The maximum Gasteiger partial charge on any atom is 0.255 e. The van der Waals surface area contributed by atoms with E-state index in [0.29, 0.717) is 47.7 Å². The Morgan fingerprint density at radius 1 is 1.07 bits per heavy atom. The van der Waals surface area contributed by atoms with Crippen LogP contribution in [0, 0.1) is 0 Å². The Kier molecular flexibility index (Phi) is 6.26. The summed E-state index contributed by atoms with van der Waals surface area (Å²) in [6.45, 7) is 2.23. The number of nitrogens with one attached hydrogen (secondary N) is 1. The van der Waals surface area contributed by atoms with Crippen LogP contribution in [0.15, 0.2) is 46.9 Å². The minimum atomic E-state index is -3.14. The van der Waals surface area contributed by atoms with E-state index in [1.807, 2.05) is 24.3 Å². The summed E-state index contributed by atoms with van der Waals surface area (Å²) in [4.78, 5) is 14.6. The van der Waals surface area contributed by atoms with Gasteiger partial charge in [0.1, 0.15) is 5.75 Å². The van der Waals surface area contributed by atoms with E-state index >= 15 is 0 Å². The number of piperazine rings is 1. The molecule has 0 radical (unpaired) electrons. The van der Waals surface area contributed by atoms with Gasteiger partial charge in [0, 0.05) is 43.1 Å². The molecule has 1 aliphatic heterocycles. The molecule has 1 saturated heterocycles. The molecule has 3 rings (SSSR count). The Bertz CT molecular complexity index is 956. The summed E-state index contributed by atoms with van der Waals surface area (Å²) in [5.74, 6) is 0.453. The van der Waals surface area contributed by atoms with Gasteiger partial charge in [-0.05, 0) is 58.4 Å². The summed E-state index contributed by atoms with van der Waals surface area (Å²) in [5, 5.41) is 2.87. The fourth-order valence-electron chi connectivity index (χ4n) is 3.04. The zero-order valence-electron chi connectivity index (χ0n) is 15.7. The molecule has 7 nitrogen and oxygen atoms in total. The quantitative estimate of drug-likeness (QED) is 0.731. The highest BCUT2D eigenvalue weighted by Gasteiger charge is 2.23. The molecule has 0 aromatic heterocycles. The SMILES string of the molecule is COc1ccc(C(=O)Nc2ccc(N3CCN(S(C)(=O)=O)CC3)cc2)cc1Br. The second kappa shape index (κ2) is 8.50. The molecule has 1 fully saturated rings. The van der Waals surface area contributed by atoms with Crippen molar-refractivity contribution in [1.82, 2.24) is 4.31 Å². The Labute approximate surface area is 173 Å². The first-order valence-corrected chi connectivity index (χ1v) is 11.4. The lowest BCUT2D eigenvalue weighted by Crippen LogP contribution is -2.48. The fourth-order valence-corrected chi connectivity index (χ4v) is 4.41. The lowest BCUT2D eigenvalue weighted by molar-refractivity contribution is 0.102. The van der Waals surface area contributed by atoms with Gasteiger partial charge < -0.3 is 15.0 Å². The van der Waals surface area contributed by atoms with Crippen molar-refractivity contribution in [1.29, 1.82) is 0 Å². The van der Waals surface area contributed by atoms with Crippen LogP contribution in [0.3, 0.4) is 0 Å². The summed E-state index contributed by atoms with van der Waals surface area (Å²) in [5.41, 5.74) is 2.21. The standard InChI is InChI=1S/C19H22BrN3O4S/c1-27-18-8-3-14(13-17(18)20)19(24)21-15-4-6-16(7-5-15)22-9-11-23(12-10-22)28(2,25)26/h3-8,13H,9-12H2,1-2H3,(H,21,24). The first-order chi connectivity index (χ1) is 13.3. The number of amides is 1. The van der Waals surface area contributed by atoms with Crippen molar-refractivity contribution in [2.24, 2.45) is 0 Å². The summed E-state index contributed by atoms with van der Waals surface area (Å²) in [6, 6.07) is 12.7. The molecule has 0 spiro atoms. The van der Waals surface area contributed by atoms with Crippen molar-refractivity contribution >= 4 is 43.2 Å². The second-order valence-corrected chi connectivity index (χ2v) is 9.34. The Morgan fingerprint density at radius 2 is 1.71 bits per heavy atom. The minimum Gasteiger partial charge on any atom is -0.496 e. The van der Waals surface area contributed by atoms with E-state index in [1.54, 1.807) is 25.3 Å². The van der Waals surface area contributed by atoms with Crippen molar-refractivity contribution in [2.75, 3.05) is 49.8 Å². The normalized spacial score (nSPS) is 15.3. The molecule has 1 heterocycles. The maximum atomic E-state index is 12.4. The van der Waals surface area contributed by atoms with E-state index in [-0.39, 0.29) is 5.91 Å². The smallest absolute Gasteiger partial charge is 0.255 e. The summed E-state index contributed by atoms with van der Waals surface area (Å²) in [7, 11) is -1.57. The van der Waals surface area contributed by atoms with Gasteiger partial charge in [-0.15, -0.1) is 0 Å². The van der Waals surface area contributed by atoms with E-state index in [4.69, 9.17) is 4.74 Å². The molecular weight excluding hydrogens is 446 g/mol. The first kappa shape index (κ1) is 20.6. The third-order valence-electron chi connectivity index (χ3n) is 4.61. The average molecular weight is 468 g/mol. The van der Waals surface area contributed by atoms with Crippen molar-refractivity contribution in [2.45, 2.75) is 0 Å². The number of rotatable bonds is 5. The molecule has 0 bridgehead atoms. The van der Waals surface area contributed by atoms with Gasteiger partial charge >= 0.3 is 0 Å². The van der Waals surface area contributed by atoms with Crippen LogP contribution >= 0.6 is 15.9 Å². The molecule has 1 N–H and O–H groups in total. The van der Waals surface area contributed by atoms with Gasteiger partial charge in [0.05, 0.1) is 17.8 Å². The molecule has 2 aromatic rings.